The quantitative estimate of drug-likeness (QED) is 0.703. The molecule has 2 aromatic heterocycles. The highest BCUT2D eigenvalue weighted by atomic mass is 32.1. The number of nitrogens with zero attached hydrogens (tertiary/aromatic N) is 4. The molecule has 7 nitrogen and oxygen atoms in total. The normalized spacial score (nSPS) is 17.5. The van der Waals surface area contributed by atoms with Crippen LogP contribution in [0.3, 0.4) is 0 Å². The molecule has 0 bridgehead atoms. The maximum Gasteiger partial charge on any atom is 0.187 e. The molecule has 1 aromatic carbocycles. The van der Waals surface area contributed by atoms with Gasteiger partial charge < -0.3 is 10.1 Å². The maximum absolute atomic E-state index is 5.26. The van der Waals surface area contributed by atoms with Crippen molar-refractivity contribution in [1.82, 2.24) is 20.2 Å². The molecule has 4 rings (SSSR count). The Morgan fingerprint density at radius 1 is 1.38 bits per heavy atom. The summed E-state index contributed by atoms with van der Waals surface area (Å²) in [4.78, 5) is 8.15. The van der Waals surface area contributed by atoms with Gasteiger partial charge in [-0.3, -0.25) is 4.90 Å². The van der Waals surface area contributed by atoms with Crippen LogP contribution in [0.2, 0.25) is 0 Å². The van der Waals surface area contributed by atoms with Gasteiger partial charge in [-0.05, 0) is 38.4 Å². The molecule has 1 unspecified atom stereocenters. The fourth-order valence-electron chi connectivity index (χ4n) is 3.33. The summed E-state index contributed by atoms with van der Waals surface area (Å²) in [6, 6.07) is 8.11. The van der Waals surface area contributed by atoms with Crippen molar-refractivity contribution in [3.63, 3.8) is 0 Å². The van der Waals surface area contributed by atoms with Gasteiger partial charge in [0.2, 0.25) is 0 Å². The van der Waals surface area contributed by atoms with E-state index in [4.69, 9.17) is 9.37 Å². The van der Waals surface area contributed by atoms with E-state index in [1.807, 2.05) is 37.4 Å². The fourth-order valence-corrected chi connectivity index (χ4v) is 4.19. The van der Waals surface area contributed by atoms with Crippen molar-refractivity contribution < 1.29 is 9.37 Å². The zero-order valence-corrected chi connectivity index (χ0v) is 15.6. The Labute approximate surface area is 156 Å². The second kappa shape index (κ2) is 7.43. The van der Waals surface area contributed by atoms with Gasteiger partial charge in [-0.25, -0.2) is 9.61 Å². The number of nitrogens with one attached hydrogen (secondary N) is 1. The molecule has 1 N–H and O–H groups in total. The topological polar surface area (TPSA) is 76.3 Å². The van der Waals surface area contributed by atoms with Crippen molar-refractivity contribution >= 4 is 22.2 Å². The lowest BCUT2D eigenvalue weighted by atomic mass is 10.1. The predicted molar refractivity (Wildman–Crippen MR) is 99.8 cm³/mol. The Morgan fingerprint density at radius 3 is 3.12 bits per heavy atom. The van der Waals surface area contributed by atoms with Crippen LogP contribution in [-0.4, -0.2) is 33.9 Å². The molecule has 1 aliphatic heterocycles. The molecule has 3 heterocycles. The highest BCUT2D eigenvalue weighted by Crippen LogP contribution is 2.34. The summed E-state index contributed by atoms with van der Waals surface area (Å²) >= 11 is 1.67. The molecular formula is C18H21N5O2S. The number of likely N-dealkylation sites (tertiary alicyclic amines) is 1. The number of aryl methyl sites for hydroxylation is 1. The SMILES string of the molecule is COc1cccc(Nc2ncc(CN3CCCC3c3nonc3C)s2)c1. The van der Waals surface area contributed by atoms with Gasteiger partial charge in [-0.2, -0.15) is 0 Å². The monoisotopic (exact) mass is 371 g/mol. The van der Waals surface area contributed by atoms with E-state index >= 15 is 0 Å². The van der Waals surface area contributed by atoms with Crippen LogP contribution in [0.5, 0.6) is 5.75 Å². The largest absolute Gasteiger partial charge is 0.497 e. The number of thiazole rings is 1. The van der Waals surface area contributed by atoms with Gasteiger partial charge in [0, 0.05) is 29.4 Å². The lowest BCUT2D eigenvalue weighted by Gasteiger charge is -2.21. The van der Waals surface area contributed by atoms with E-state index < -0.39 is 0 Å². The summed E-state index contributed by atoms with van der Waals surface area (Å²) in [5.74, 6) is 0.822. The predicted octanol–water partition coefficient (Wildman–Crippen LogP) is 3.92. The van der Waals surface area contributed by atoms with E-state index in [9.17, 15) is 0 Å². The second-order valence-corrected chi connectivity index (χ2v) is 7.47. The number of ether oxygens (including phenoxy) is 1. The zero-order valence-electron chi connectivity index (χ0n) is 14.8. The van der Waals surface area contributed by atoms with Crippen LogP contribution in [0.4, 0.5) is 10.8 Å². The van der Waals surface area contributed by atoms with Crippen LogP contribution in [-0.2, 0) is 6.54 Å². The van der Waals surface area contributed by atoms with Gasteiger partial charge in [0.25, 0.3) is 0 Å². The molecule has 0 radical (unpaired) electrons. The number of benzene rings is 1. The smallest absolute Gasteiger partial charge is 0.187 e. The van der Waals surface area contributed by atoms with Crippen LogP contribution in [0.15, 0.2) is 35.1 Å². The lowest BCUT2D eigenvalue weighted by Crippen LogP contribution is -2.23. The first-order valence-corrected chi connectivity index (χ1v) is 9.43. The third-order valence-corrected chi connectivity index (χ3v) is 5.50. The molecule has 1 atom stereocenters. The summed E-state index contributed by atoms with van der Waals surface area (Å²) in [6.45, 7) is 3.85. The molecule has 0 saturated carbocycles. The van der Waals surface area contributed by atoms with E-state index in [0.717, 1.165) is 53.9 Å². The average Bonchev–Trinajstić information content (AvgIpc) is 3.37. The molecule has 1 aliphatic rings. The highest BCUT2D eigenvalue weighted by Gasteiger charge is 2.30. The number of hydrogen-bond donors (Lipinski definition) is 1. The highest BCUT2D eigenvalue weighted by molar-refractivity contribution is 7.15. The van der Waals surface area contributed by atoms with Crippen molar-refractivity contribution in [1.29, 1.82) is 0 Å². The van der Waals surface area contributed by atoms with E-state index in [1.54, 1.807) is 18.4 Å². The van der Waals surface area contributed by atoms with E-state index in [-0.39, 0.29) is 6.04 Å². The van der Waals surface area contributed by atoms with Crippen molar-refractivity contribution in [3.8, 4) is 5.75 Å². The number of rotatable bonds is 6. The molecule has 3 aromatic rings. The third-order valence-electron chi connectivity index (χ3n) is 4.60. The first-order chi connectivity index (χ1) is 12.7. The maximum atomic E-state index is 5.26. The van der Waals surface area contributed by atoms with Crippen molar-refractivity contribution in [2.75, 3.05) is 19.0 Å². The van der Waals surface area contributed by atoms with Crippen LogP contribution in [0.1, 0.15) is 35.1 Å². The Balaban J connectivity index is 1.44. The second-order valence-electron chi connectivity index (χ2n) is 6.35. The lowest BCUT2D eigenvalue weighted by molar-refractivity contribution is 0.233. The standard InChI is InChI=1S/C18H21N5O2S/c1-12-17(22-25-21-12)16-7-4-8-23(16)11-15-10-19-18(26-15)20-13-5-3-6-14(9-13)24-2/h3,5-6,9-10,16H,4,7-8,11H2,1-2H3,(H,19,20). The number of methoxy groups -OCH3 is 1. The van der Waals surface area contributed by atoms with Crippen molar-refractivity contribution in [3.05, 3.63) is 46.7 Å². The molecular weight excluding hydrogens is 350 g/mol. The molecule has 136 valence electrons. The minimum Gasteiger partial charge on any atom is -0.497 e. The summed E-state index contributed by atoms with van der Waals surface area (Å²) in [7, 11) is 1.67. The fraction of sp³-hybridized carbons (Fsp3) is 0.389. The summed E-state index contributed by atoms with van der Waals surface area (Å²) in [5, 5.41) is 12.2. The van der Waals surface area contributed by atoms with Gasteiger partial charge in [0.05, 0.1) is 13.2 Å². The first-order valence-electron chi connectivity index (χ1n) is 8.62. The minimum atomic E-state index is 0.276. The molecule has 0 spiro atoms. The van der Waals surface area contributed by atoms with Crippen molar-refractivity contribution in [2.24, 2.45) is 0 Å². The molecule has 1 fully saturated rings. The first kappa shape index (κ1) is 17.0. The van der Waals surface area contributed by atoms with Crippen LogP contribution in [0, 0.1) is 6.92 Å². The van der Waals surface area contributed by atoms with Crippen LogP contribution >= 0.6 is 11.3 Å². The van der Waals surface area contributed by atoms with E-state index in [2.05, 4.69) is 25.5 Å². The summed E-state index contributed by atoms with van der Waals surface area (Å²) in [5.41, 5.74) is 2.81. The Kier molecular flexibility index (Phi) is 4.85. The van der Waals surface area contributed by atoms with Crippen LogP contribution < -0.4 is 10.1 Å². The number of anilines is 2. The molecule has 0 amide bonds. The van der Waals surface area contributed by atoms with Gasteiger partial charge in [0.15, 0.2) is 5.13 Å². The van der Waals surface area contributed by atoms with Gasteiger partial charge in [-0.1, -0.05) is 16.4 Å². The van der Waals surface area contributed by atoms with Crippen LogP contribution in [0.25, 0.3) is 0 Å². The Hall–Kier alpha value is -2.45. The average molecular weight is 371 g/mol. The summed E-state index contributed by atoms with van der Waals surface area (Å²) < 4.78 is 10.1. The molecule has 26 heavy (non-hydrogen) atoms. The van der Waals surface area contributed by atoms with Gasteiger partial charge in [0.1, 0.15) is 17.1 Å². The van der Waals surface area contributed by atoms with E-state index in [1.165, 1.54) is 4.88 Å². The Bertz CT molecular complexity index is 878. The van der Waals surface area contributed by atoms with E-state index in [0.29, 0.717) is 0 Å². The molecule has 0 aliphatic carbocycles. The van der Waals surface area contributed by atoms with Crippen molar-refractivity contribution in [2.45, 2.75) is 32.4 Å². The molecule has 1 saturated heterocycles. The number of hydrogen-bond acceptors (Lipinski definition) is 8. The minimum absolute atomic E-state index is 0.276. The third kappa shape index (κ3) is 3.56. The van der Waals surface area contributed by atoms with Gasteiger partial charge in [-0.15, -0.1) is 11.3 Å². The Morgan fingerprint density at radius 2 is 2.31 bits per heavy atom. The molecule has 8 heteroatoms. The van der Waals surface area contributed by atoms with Gasteiger partial charge >= 0.3 is 0 Å². The zero-order chi connectivity index (χ0) is 17.9. The summed E-state index contributed by atoms with van der Waals surface area (Å²) in [6.07, 6.45) is 4.18. The number of aromatic nitrogens is 3.